The van der Waals surface area contributed by atoms with Gasteiger partial charge in [-0.2, -0.15) is 10.2 Å². The summed E-state index contributed by atoms with van der Waals surface area (Å²) in [5, 5.41) is 4.39. The molecule has 3 atom stereocenters. The van der Waals surface area contributed by atoms with Gasteiger partial charge in [0.15, 0.2) is 5.69 Å². The van der Waals surface area contributed by atoms with E-state index in [4.69, 9.17) is 10.5 Å². The van der Waals surface area contributed by atoms with Crippen molar-refractivity contribution in [2.75, 3.05) is 20.2 Å². The van der Waals surface area contributed by atoms with Gasteiger partial charge in [-0.3, -0.25) is 24.0 Å². The second-order valence-electron chi connectivity index (χ2n) is 7.64. The Morgan fingerprint density at radius 2 is 2.09 bits per heavy atom. The first-order chi connectivity index (χ1) is 15.1. The zero-order valence-corrected chi connectivity index (χ0v) is 17.9. The van der Waals surface area contributed by atoms with Crippen molar-refractivity contribution in [3.63, 3.8) is 0 Å². The standard InChI is InChI=1S/C20H24F2N6O4/c1-11(2)5-7-27(22)20(31)17-18(32-3)13(21)9-26(17)15(29)10-28-14-8-24-6-4-12(14)16(25-28)19(23)30/h4-6,8,13,17-18H,7,9-10H2,1-3H3,(H2,23,30)/t13-,17-,18+/m0/s1. The van der Waals surface area contributed by atoms with E-state index >= 15 is 0 Å². The number of aromatic nitrogens is 3. The third-order valence-electron chi connectivity index (χ3n) is 5.19. The molecule has 3 amide bonds. The van der Waals surface area contributed by atoms with Crippen molar-refractivity contribution in [3.8, 4) is 0 Å². The summed E-state index contributed by atoms with van der Waals surface area (Å²) in [5.74, 6) is -2.59. The molecule has 1 aliphatic heterocycles. The molecule has 0 aliphatic carbocycles. The predicted octanol–water partition coefficient (Wildman–Crippen LogP) is 0.773. The van der Waals surface area contributed by atoms with Crippen molar-refractivity contribution >= 4 is 28.6 Å². The minimum atomic E-state index is -1.69. The van der Waals surface area contributed by atoms with Gasteiger partial charge < -0.3 is 15.4 Å². The number of pyridine rings is 1. The Morgan fingerprint density at radius 1 is 1.38 bits per heavy atom. The van der Waals surface area contributed by atoms with Gasteiger partial charge in [0.1, 0.15) is 24.9 Å². The van der Waals surface area contributed by atoms with E-state index in [1.54, 1.807) is 13.8 Å². The molecule has 0 spiro atoms. The fourth-order valence-electron chi connectivity index (χ4n) is 3.63. The van der Waals surface area contributed by atoms with Crippen LogP contribution < -0.4 is 5.73 Å². The number of hydrogen-bond acceptors (Lipinski definition) is 6. The first-order valence-corrected chi connectivity index (χ1v) is 9.82. The minimum Gasteiger partial charge on any atom is -0.376 e. The molecular weight excluding hydrogens is 426 g/mol. The van der Waals surface area contributed by atoms with E-state index in [1.807, 2.05) is 0 Å². The van der Waals surface area contributed by atoms with Gasteiger partial charge in [-0.05, 0) is 19.9 Å². The molecule has 2 N–H and O–H groups in total. The van der Waals surface area contributed by atoms with E-state index in [-0.39, 0.29) is 17.4 Å². The van der Waals surface area contributed by atoms with Crippen molar-refractivity contribution in [2.24, 2.45) is 5.73 Å². The highest BCUT2D eigenvalue weighted by molar-refractivity contribution is 6.04. The predicted molar refractivity (Wildman–Crippen MR) is 109 cm³/mol. The number of alkyl halides is 1. The number of halogens is 2. The molecular formula is C20H24F2N6O4. The third kappa shape index (κ3) is 4.44. The summed E-state index contributed by atoms with van der Waals surface area (Å²) in [4.78, 5) is 42.4. The number of primary amides is 1. The Morgan fingerprint density at radius 3 is 2.72 bits per heavy atom. The highest BCUT2D eigenvalue weighted by Gasteiger charge is 2.50. The van der Waals surface area contributed by atoms with Crippen LogP contribution >= 0.6 is 0 Å². The summed E-state index contributed by atoms with van der Waals surface area (Å²) < 4.78 is 35.3. The molecule has 12 heteroatoms. The highest BCUT2D eigenvalue weighted by atomic mass is 19.2. The number of nitrogens with two attached hydrogens (primary N) is 1. The van der Waals surface area contributed by atoms with Crippen LogP contribution in [0.25, 0.3) is 10.9 Å². The number of carbonyl (C=O) groups is 3. The smallest absolute Gasteiger partial charge is 0.276 e. The van der Waals surface area contributed by atoms with Crippen LogP contribution in [-0.2, 0) is 20.9 Å². The van der Waals surface area contributed by atoms with Gasteiger partial charge in [-0.1, -0.05) is 16.1 Å². The molecule has 0 bridgehead atoms. The Kier molecular flexibility index (Phi) is 6.82. The fourth-order valence-corrected chi connectivity index (χ4v) is 3.63. The number of carbonyl (C=O) groups excluding carboxylic acids is 3. The molecule has 32 heavy (non-hydrogen) atoms. The van der Waals surface area contributed by atoms with Crippen molar-refractivity contribution in [1.29, 1.82) is 0 Å². The van der Waals surface area contributed by atoms with Crippen LogP contribution in [0, 0.1) is 0 Å². The van der Waals surface area contributed by atoms with Crippen LogP contribution in [0.3, 0.4) is 0 Å². The lowest BCUT2D eigenvalue weighted by Crippen LogP contribution is -2.51. The Hall–Kier alpha value is -3.41. The van der Waals surface area contributed by atoms with E-state index in [9.17, 15) is 23.3 Å². The molecule has 3 heterocycles. The Balaban J connectivity index is 1.89. The lowest BCUT2D eigenvalue weighted by atomic mass is 10.1. The molecule has 2 aromatic rings. The van der Waals surface area contributed by atoms with Crippen molar-refractivity contribution in [3.05, 3.63) is 35.8 Å². The van der Waals surface area contributed by atoms with Gasteiger partial charge in [0, 0.05) is 18.7 Å². The summed E-state index contributed by atoms with van der Waals surface area (Å²) in [7, 11) is 1.19. The lowest BCUT2D eigenvalue weighted by molar-refractivity contribution is -0.158. The van der Waals surface area contributed by atoms with E-state index < -0.39 is 49.1 Å². The van der Waals surface area contributed by atoms with Crippen LogP contribution in [0.2, 0.25) is 0 Å². The molecule has 3 rings (SSSR count). The number of likely N-dealkylation sites (tertiary alicyclic amines) is 1. The van der Waals surface area contributed by atoms with E-state index in [0.717, 1.165) is 10.5 Å². The molecule has 0 saturated carbocycles. The van der Waals surface area contributed by atoms with Gasteiger partial charge in [0.25, 0.3) is 11.8 Å². The largest absolute Gasteiger partial charge is 0.376 e. The molecule has 2 aromatic heterocycles. The van der Waals surface area contributed by atoms with Gasteiger partial charge in [0.05, 0.1) is 24.8 Å². The monoisotopic (exact) mass is 450 g/mol. The van der Waals surface area contributed by atoms with Gasteiger partial charge in [-0.15, -0.1) is 0 Å². The summed E-state index contributed by atoms with van der Waals surface area (Å²) in [6.45, 7) is 2.24. The first-order valence-electron chi connectivity index (χ1n) is 9.82. The fraction of sp³-hybridized carbons (Fsp3) is 0.450. The summed E-state index contributed by atoms with van der Waals surface area (Å²) >= 11 is 0. The summed E-state index contributed by atoms with van der Waals surface area (Å²) in [6, 6.07) is 0.0302. The number of ether oxygens (including phenoxy) is 1. The van der Waals surface area contributed by atoms with E-state index in [0.29, 0.717) is 10.9 Å². The zero-order valence-electron chi connectivity index (χ0n) is 17.9. The quantitative estimate of drug-likeness (QED) is 0.491. The summed E-state index contributed by atoms with van der Waals surface area (Å²) in [5.41, 5.74) is 6.44. The van der Waals surface area contributed by atoms with Crippen molar-refractivity contribution in [2.45, 2.75) is 38.7 Å². The molecule has 172 valence electrons. The maximum Gasteiger partial charge on any atom is 0.276 e. The lowest BCUT2D eigenvalue weighted by Gasteiger charge is -2.27. The molecule has 10 nitrogen and oxygen atoms in total. The Labute approximate surface area is 182 Å². The number of allylic oxidation sites excluding steroid dienone is 1. The van der Waals surface area contributed by atoms with E-state index in [1.165, 1.54) is 36.3 Å². The van der Waals surface area contributed by atoms with Gasteiger partial charge in [-0.25, -0.2) is 4.39 Å². The second kappa shape index (κ2) is 9.39. The Bertz CT molecular complexity index is 1070. The van der Waals surface area contributed by atoms with Gasteiger partial charge in [0.2, 0.25) is 5.91 Å². The van der Waals surface area contributed by atoms with Crippen LogP contribution in [-0.4, -0.2) is 81.0 Å². The number of methoxy groups -OCH3 is 1. The maximum absolute atomic E-state index is 14.6. The SMILES string of the molecule is CO[C@H]1[C@@H](C(=O)N(F)CC=C(C)C)N(C(=O)Cn2nc(C(N)=O)c3ccncc32)C[C@@H]1F. The van der Waals surface area contributed by atoms with E-state index in [2.05, 4.69) is 10.1 Å². The van der Waals surface area contributed by atoms with Crippen LogP contribution in [0.1, 0.15) is 24.3 Å². The number of hydrogen-bond donors (Lipinski definition) is 1. The van der Waals surface area contributed by atoms with Gasteiger partial charge >= 0.3 is 0 Å². The van der Waals surface area contributed by atoms with Crippen molar-refractivity contribution < 1.29 is 28.0 Å². The van der Waals surface area contributed by atoms with Crippen molar-refractivity contribution in [1.82, 2.24) is 24.8 Å². The normalized spacial score (nSPS) is 20.4. The van der Waals surface area contributed by atoms with Crippen LogP contribution in [0.5, 0.6) is 0 Å². The molecule has 1 saturated heterocycles. The summed E-state index contributed by atoms with van der Waals surface area (Å²) in [6.07, 6.45) is 1.31. The first kappa shape index (κ1) is 23.3. The molecule has 0 unspecified atom stereocenters. The third-order valence-corrected chi connectivity index (χ3v) is 5.19. The minimum absolute atomic E-state index is 0.0564. The average Bonchev–Trinajstić information content (AvgIpc) is 3.29. The zero-order chi connectivity index (χ0) is 23.6. The molecule has 0 radical (unpaired) electrons. The van der Waals surface area contributed by atoms with Crippen LogP contribution in [0.4, 0.5) is 8.87 Å². The molecule has 1 fully saturated rings. The second-order valence-corrected chi connectivity index (χ2v) is 7.64. The highest BCUT2D eigenvalue weighted by Crippen LogP contribution is 2.27. The topological polar surface area (TPSA) is 124 Å². The number of amides is 3. The molecule has 0 aromatic carbocycles. The number of fused-ring (bicyclic) bond motifs is 1. The number of nitrogens with zero attached hydrogens (tertiary/aromatic N) is 5. The average molecular weight is 450 g/mol. The molecule has 1 aliphatic rings. The van der Waals surface area contributed by atoms with Crippen LogP contribution in [0.15, 0.2) is 30.1 Å². The number of rotatable bonds is 7. The maximum atomic E-state index is 14.6.